The van der Waals surface area contributed by atoms with E-state index in [1.807, 2.05) is 24.3 Å². The molecule has 1 aliphatic rings. The predicted octanol–water partition coefficient (Wildman–Crippen LogP) is 3.45. The molecule has 1 aromatic rings. The highest BCUT2D eigenvalue weighted by Crippen LogP contribution is 2.14. The lowest BCUT2D eigenvalue weighted by molar-refractivity contribution is 0.0342. The summed E-state index contributed by atoms with van der Waals surface area (Å²) in [6.07, 6.45) is 0. The van der Waals surface area contributed by atoms with Gasteiger partial charge in [-0.25, -0.2) is 0 Å². The molecule has 106 valence electrons. The molecule has 0 atom stereocenters. The van der Waals surface area contributed by atoms with Crippen molar-refractivity contribution in [3.63, 3.8) is 0 Å². The lowest BCUT2D eigenvalue weighted by atomic mass is 10.2. The fourth-order valence-corrected chi connectivity index (χ4v) is 1.74. The zero-order valence-corrected chi connectivity index (χ0v) is 10.2. The van der Waals surface area contributed by atoms with Gasteiger partial charge in [0.25, 0.3) is 0 Å². The second-order valence-corrected chi connectivity index (χ2v) is 3.74. The molecule has 1 aromatic carbocycles. The van der Waals surface area contributed by atoms with Gasteiger partial charge in [0.1, 0.15) is 0 Å². The minimum absolute atomic E-state index is 0. The van der Waals surface area contributed by atoms with Crippen LogP contribution in [0.1, 0.15) is 5.56 Å². The van der Waals surface area contributed by atoms with Crippen LogP contribution in [-0.4, -0.2) is 31.2 Å². The van der Waals surface area contributed by atoms with Crippen LogP contribution in [0.3, 0.4) is 0 Å². The second-order valence-electron chi connectivity index (χ2n) is 3.74. The summed E-state index contributed by atoms with van der Waals surface area (Å²) in [7, 11) is 0. The number of benzene rings is 1. The van der Waals surface area contributed by atoms with Crippen molar-refractivity contribution in [3.05, 3.63) is 40.3 Å². The first kappa shape index (κ1) is 17.2. The van der Waals surface area contributed by atoms with E-state index in [0.717, 1.165) is 32.8 Å². The molecule has 0 aliphatic carbocycles. The first-order valence-electron chi connectivity index (χ1n) is 5.47. The molecule has 0 amide bonds. The van der Waals surface area contributed by atoms with Crippen LogP contribution >= 0.6 is 0 Å². The van der Waals surface area contributed by atoms with Gasteiger partial charge < -0.3 is 4.74 Å². The van der Waals surface area contributed by atoms with E-state index in [9.17, 15) is 0 Å². The van der Waals surface area contributed by atoms with Gasteiger partial charge in [0, 0.05) is 39.4 Å². The third-order valence-electron chi connectivity index (χ3n) is 2.61. The molecule has 1 saturated heterocycles. The van der Waals surface area contributed by atoms with Gasteiger partial charge in [-0.1, -0.05) is 29.4 Å². The summed E-state index contributed by atoms with van der Waals surface area (Å²) in [5.41, 5.74) is 10.2. The van der Waals surface area contributed by atoms with E-state index in [1.165, 1.54) is 5.56 Å². The van der Waals surface area contributed by atoms with Crippen molar-refractivity contribution in [1.82, 2.24) is 4.90 Å². The van der Waals surface area contributed by atoms with Crippen LogP contribution in [-0.2, 0) is 11.3 Å². The highest BCUT2D eigenvalue weighted by molar-refractivity contribution is 5.38. The molecule has 0 spiro atoms. The van der Waals surface area contributed by atoms with Crippen molar-refractivity contribution in [2.24, 2.45) is 5.11 Å². The van der Waals surface area contributed by atoms with Crippen molar-refractivity contribution in [1.29, 1.82) is 0 Å². The molecule has 8 heteroatoms. The Balaban J connectivity index is 0.00000103. The van der Waals surface area contributed by atoms with Crippen LogP contribution in [0.25, 0.3) is 10.4 Å². The average Bonchev–Trinajstić information content (AvgIpc) is 2.45. The number of nitrogens with zero attached hydrogens (tertiary/aromatic N) is 4. The summed E-state index contributed by atoms with van der Waals surface area (Å²) >= 11 is 0. The molecule has 0 unspecified atom stereocenters. The summed E-state index contributed by atoms with van der Waals surface area (Å²) in [5, 5.41) is 3.54. The average molecular weight is 276 g/mol. The van der Waals surface area contributed by atoms with E-state index in [4.69, 9.17) is 19.4 Å². The van der Waals surface area contributed by atoms with Gasteiger partial charge in [-0.05, 0) is 11.1 Å². The Labute approximate surface area is 108 Å². The van der Waals surface area contributed by atoms with Gasteiger partial charge in [0.2, 0.25) is 0 Å². The number of morpholine rings is 1. The first-order valence-corrected chi connectivity index (χ1v) is 5.47. The van der Waals surface area contributed by atoms with E-state index in [0.29, 0.717) is 5.69 Å². The number of halogens is 3. The lowest BCUT2D eigenvalue weighted by Crippen LogP contribution is -2.35. The Morgan fingerprint density at radius 3 is 2.32 bits per heavy atom. The van der Waals surface area contributed by atoms with E-state index in [1.54, 1.807) is 0 Å². The van der Waals surface area contributed by atoms with E-state index in [2.05, 4.69) is 14.9 Å². The molecule has 5 nitrogen and oxygen atoms in total. The lowest BCUT2D eigenvalue weighted by Gasteiger charge is -2.26. The molecule has 19 heavy (non-hydrogen) atoms. The molecular formula is C11H15F3N4O. The Bertz CT molecular complexity index is 389. The fourth-order valence-electron chi connectivity index (χ4n) is 1.74. The third-order valence-corrected chi connectivity index (χ3v) is 2.61. The van der Waals surface area contributed by atoms with Gasteiger partial charge in [-0.2, -0.15) is 0 Å². The third kappa shape index (κ3) is 6.10. The molecule has 2 rings (SSSR count). The molecule has 1 fully saturated rings. The second kappa shape index (κ2) is 10.2. The quantitative estimate of drug-likeness (QED) is 0.482. The normalized spacial score (nSPS) is 14.4. The Kier molecular flexibility index (Phi) is 9.25. The van der Waals surface area contributed by atoms with Crippen molar-refractivity contribution in [2.75, 3.05) is 26.3 Å². The monoisotopic (exact) mass is 276 g/mol. The Morgan fingerprint density at radius 1 is 1.21 bits per heavy atom. The van der Waals surface area contributed by atoms with Gasteiger partial charge >= 0.3 is 0 Å². The number of hydrogen-bond acceptors (Lipinski definition) is 3. The van der Waals surface area contributed by atoms with Crippen molar-refractivity contribution < 1.29 is 18.6 Å². The highest BCUT2D eigenvalue weighted by atomic mass is 20.0. The molecular weight excluding hydrogens is 261 g/mol. The number of azide groups is 1. The molecule has 1 aliphatic heterocycles. The molecule has 0 aromatic heterocycles. The topological polar surface area (TPSA) is 61.2 Å². The summed E-state index contributed by atoms with van der Waals surface area (Å²) in [6, 6.07) is 7.68. The molecule has 0 saturated carbocycles. The number of rotatable bonds is 3. The van der Waals surface area contributed by atoms with Gasteiger partial charge in [-0.15, -0.1) is 0 Å². The van der Waals surface area contributed by atoms with Crippen molar-refractivity contribution >= 4 is 5.69 Å². The van der Waals surface area contributed by atoms with Crippen LogP contribution in [0.5, 0.6) is 0 Å². The summed E-state index contributed by atoms with van der Waals surface area (Å²) < 4.78 is 21.3. The van der Waals surface area contributed by atoms with Crippen molar-refractivity contribution in [3.8, 4) is 0 Å². The van der Waals surface area contributed by atoms with Crippen LogP contribution in [0.15, 0.2) is 29.4 Å². The standard InChI is InChI=1S/C11H14N4O.F2.FH/c12-14-13-11-3-1-10(2-4-11)9-15-5-7-16-8-6-15;1-2;/h1-4H,5-9H2;;1H. The highest BCUT2D eigenvalue weighted by Gasteiger charge is 2.10. The zero-order chi connectivity index (χ0) is 13.2. The zero-order valence-electron chi connectivity index (χ0n) is 10.2. The van der Waals surface area contributed by atoms with Crippen LogP contribution in [0, 0.1) is 0 Å². The van der Waals surface area contributed by atoms with Gasteiger partial charge in [-0.3, -0.25) is 9.60 Å². The maximum absolute atomic E-state index is 8.29. The summed E-state index contributed by atoms with van der Waals surface area (Å²) in [6.45, 7) is 4.53. The maximum Gasteiger partial charge on any atom is 0.0594 e. The van der Waals surface area contributed by atoms with E-state index >= 15 is 0 Å². The summed E-state index contributed by atoms with van der Waals surface area (Å²) in [4.78, 5) is 5.10. The van der Waals surface area contributed by atoms with Gasteiger partial charge in [0.15, 0.2) is 0 Å². The van der Waals surface area contributed by atoms with Crippen LogP contribution in [0.4, 0.5) is 19.5 Å². The smallest absolute Gasteiger partial charge is 0.0594 e. The van der Waals surface area contributed by atoms with Gasteiger partial charge in [0.05, 0.1) is 13.2 Å². The first-order chi connectivity index (χ1) is 8.88. The van der Waals surface area contributed by atoms with Crippen LogP contribution in [0.2, 0.25) is 0 Å². The van der Waals surface area contributed by atoms with E-state index < -0.39 is 0 Å². The minimum atomic E-state index is 0. The molecule has 0 N–H and O–H groups in total. The largest absolute Gasteiger partial charge is 0.379 e. The SMILES string of the molecule is F.FF.[N-]=[N+]=Nc1ccc(CN2CCOCC2)cc1. The predicted molar refractivity (Wildman–Crippen MR) is 66.1 cm³/mol. The van der Waals surface area contributed by atoms with E-state index in [-0.39, 0.29) is 4.70 Å². The maximum atomic E-state index is 8.29. The minimum Gasteiger partial charge on any atom is -0.379 e. The van der Waals surface area contributed by atoms with Crippen molar-refractivity contribution in [2.45, 2.75) is 6.54 Å². The Hall–Kier alpha value is -1.76. The molecule has 1 heterocycles. The summed E-state index contributed by atoms with van der Waals surface area (Å²) in [5.74, 6) is 0. The molecule has 0 radical (unpaired) electrons. The fraction of sp³-hybridized carbons (Fsp3) is 0.455. The molecule has 0 bridgehead atoms. The number of hydrogen-bond donors (Lipinski definition) is 0. The number of ether oxygens (including phenoxy) is 1. The Morgan fingerprint density at radius 2 is 1.79 bits per heavy atom. The van der Waals surface area contributed by atoms with Crippen LogP contribution < -0.4 is 0 Å².